The van der Waals surface area contributed by atoms with Crippen molar-refractivity contribution in [2.24, 2.45) is 0 Å². The predicted octanol–water partition coefficient (Wildman–Crippen LogP) is 3.64. The smallest absolute Gasteiger partial charge is 0.0545 e. The summed E-state index contributed by atoms with van der Waals surface area (Å²) in [4.78, 5) is 2.15. The first-order valence-corrected chi connectivity index (χ1v) is 6.10. The van der Waals surface area contributed by atoms with E-state index in [1.807, 2.05) is 36.4 Å². The van der Waals surface area contributed by atoms with E-state index in [1.54, 1.807) is 0 Å². The maximum absolute atomic E-state index is 5.74. The SMILES string of the molecule is CN(c1ccccc1)c1ccc(N)cc1I. The Kier molecular flexibility index (Phi) is 3.33. The van der Waals surface area contributed by atoms with Crippen LogP contribution in [0, 0.1) is 3.57 Å². The molecule has 2 aromatic carbocycles. The van der Waals surface area contributed by atoms with E-state index in [0.717, 1.165) is 9.26 Å². The first-order valence-electron chi connectivity index (χ1n) is 5.02. The molecule has 2 nitrogen and oxygen atoms in total. The van der Waals surface area contributed by atoms with Crippen LogP contribution in [0.25, 0.3) is 0 Å². The zero-order valence-corrected chi connectivity index (χ0v) is 11.2. The molecule has 0 saturated carbocycles. The van der Waals surface area contributed by atoms with E-state index < -0.39 is 0 Å². The quantitative estimate of drug-likeness (QED) is 0.675. The number of nitrogens with zero attached hydrogens (tertiary/aromatic N) is 1. The minimum absolute atomic E-state index is 0.801. The summed E-state index contributed by atoms with van der Waals surface area (Å²) < 4.78 is 1.16. The van der Waals surface area contributed by atoms with Gasteiger partial charge in [-0.2, -0.15) is 0 Å². The molecule has 0 saturated heterocycles. The second kappa shape index (κ2) is 4.74. The number of para-hydroxylation sites is 1. The third kappa shape index (κ3) is 2.29. The van der Waals surface area contributed by atoms with Crippen LogP contribution >= 0.6 is 22.6 Å². The van der Waals surface area contributed by atoms with Gasteiger partial charge < -0.3 is 10.6 Å². The van der Waals surface area contributed by atoms with Gasteiger partial charge in [0.2, 0.25) is 0 Å². The lowest BCUT2D eigenvalue weighted by atomic mass is 10.2. The zero-order chi connectivity index (χ0) is 11.5. The molecule has 0 unspecified atom stereocenters. The van der Waals surface area contributed by atoms with Crippen molar-refractivity contribution in [1.82, 2.24) is 0 Å². The van der Waals surface area contributed by atoms with E-state index in [0.29, 0.717) is 0 Å². The van der Waals surface area contributed by atoms with Crippen LogP contribution in [0.15, 0.2) is 48.5 Å². The van der Waals surface area contributed by atoms with Crippen LogP contribution in [0.5, 0.6) is 0 Å². The largest absolute Gasteiger partial charge is 0.399 e. The van der Waals surface area contributed by atoms with Crippen molar-refractivity contribution in [3.05, 3.63) is 52.1 Å². The van der Waals surface area contributed by atoms with Gasteiger partial charge in [-0.1, -0.05) is 18.2 Å². The molecule has 3 heteroatoms. The molecule has 0 bridgehead atoms. The number of hydrogen-bond acceptors (Lipinski definition) is 2. The van der Waals surface area contributed by atoms with Crippen molar-refractivity contribution in [2.45, 2.75) is 0 Å². The molecule has 0 amide bonds. The van der Waals surface area contributed by atoms with Crippen molar-refractivity contribution in [1.29, 1.82) is 0 Å². The Morgan fingerprint density at radius 1 is 1.06 bits per heavy atom. The van der Waals surface area contributed by atoms with Crippen LogP contribution in [0.4, 0.5) is 17.1 Å². The molecule has 0 radical (unpaired) electrons. The van der Waals surface area contributed by atoms with Gasteiger partial charge in [0.25, 0.3) is 0 Å². The molecule has 0 heterocycles. The first kappa shape index (κ1) is 11.3. The van der Waals surface area contributed by atoms with Gasteiger partial charge in [-0.05, 0) is 52.9 Å². The maximum Gasteiger partial charge on any atom is 0.0545 e. The Hall–Kier alpha value is -1.23. The minimum Gasteiger partial charge on any atom is -0.399 e. The second-order valence-electron chi connectivity index (χ2n) is 3.61. The average Bonchev–Trinajstić information content (AvgIpc) is 2.29. The number of hydrogen-bond donors (Lipinski definition) is 1. The molecule has 0 fully saturated rings. The molecule has 16 heavy (non-hydrogen) atoms. The molecule has 0 spiro atoms. The van der Waals surface area contributed by atoms with Gasteiger partial charge in [0.1, 0.15) is 0 Å². The Bertz CT molecular complexity index is 483. The topological polar surface area (TPSA) is 29.3 Å². The summed E-state index contributed by atoms with van der Waals surface area (Å²) in [6.45, 7) is 0. The fourth-order valence-electron chi connectivity index (χ4n) is 1.59. The van der Waals surface area contributed by atoms with Crippen molar-refractivity contribution in [3.63, 3.8) is 0 Å². The fourth-order valence-corrected chi connectivity index (χ4v) is 2.49. The summed E-state index contributed by atoms with van der Waals surface area (Å²) in [5.41, 5.74) is 8.88. The molecule has 2 rings (SSSR count). The van der Waals surface area contributed by atoms with E-state index >= 15 is 0 Å². The highest BCUT2D eigenvalue weighted by Crippen LogP contribution is 2.29. The fraction of sp³-hybridized carbons (Fsp3) is 0.0769. The maximum atomic E-state index is 5.74. The van der Waals surface area contributed by atoms with Crippen LogP contribution < -0.4 is 10.6 Å². The predicted molar refractivity (Wildman–Crippen MR) is 78.1 cm³/mol. The number of nitrogen functional groups attached to an aromatic ring is 1. The number of benzene rings is 2. The molecule has 0 aliphatic carbocycles. The van der Waals surface area contributed by atoms with Crippen LogP contribution in [0.2, 0.25) is 0 Å². The Balaban J connectivity index is 2.38. The number of nitrogens with two attached hydrogens (primary N) is 1. The molecule has 2 aromatic rings. The van der Waals surface area contributed by atoms with Gasteiger partial charge in [-0.25, -0.2) is 0 Å². The van der Waals surface area contributed by atoms with Crippen LogP contribution in [0.1, 0.15) is 0 Å². The zero-order valence-electron chi connectivity index (χ0n) is 9.02. The molecular formula is C13H13IN2. The highest BCUT2D eigenvalue weighted by molar-refractivity contribution is 14.1. The van der Waals surface area contributed by atoms with Gasteiger partial charge in [0.15, 0.2) is 0 Å². The van der Waals surface area contributed by atoms with Crippen LogP contribution in [-0.4, -0.2) is 7.05 Å². The first-order chi connectivity index (χ1) is 7.68. The molecule has 0 aliphatic rings. The third-order valence-corrected chi connectivity index (χ3v) is 3.34. The minimum atomic E-state index is 0.801. The number of rotatable bonds is 2. The number of anilines is 3. The van der Waals surface area contributed by atoms with E-state index in [2.05, 4.69) is 46.7 Å². The lowest BCUT2D eigenvalue weighted by Crippen LogP contribution is -2.10. The summed E-state index contributed by atoms with van der Waals surface area (Å²) in [5.74, 6) is 0. The molecule has 2 N–H and O–H groups in total. The van der Waals surface area contributed by atoms with Crippen molar-refractivity contribution in [3.8, 4) is 0 Å². The molecule has 0 aromatic heterocycles. The average molecular weight is 324 g/mol. The third-order valence-electron chi connectivity index (χ3n) is 2.48. The molecule has 82 valence electrons. The van der Waals surface area contributed by atoms with E-state index in [4.69, 9.17) is 5.73 Å². The Morgan fingerprint density at radius 3 is 2.38 bits per heavy atom. The van der Waals surface area contributed by atoms with Gasteiger partial charge in [-0.3, -0.25) is 0 Å². The van der Waals surface area contributed by atoms with Gasteiger partial charge in [0, 0.05) is 22.0 Å². The summed E-state index contributed by atoms with van der Waals surface area (Å²) >= 11 is 2.31. The second-order valence-corrected chi connectivity index (χ2v) is 4.77. The van der Waals surface area contributed by atoms with Gasteiger partial charge in [0.05, 0.1) is 5.69 Å². The van der Waals surface area contributed by atoms with Gasteiger partial charge >= 0.3 is 0 Å². The van der Waals surface area contributed by atoms with Crippen molar-refractivity contribution < 1.29 is 0 Å². The van der Waals surface area contributed by atoms with E-state index in [-0.39, 0.29) is 0 Å². The van der Waals surface area contributed by atoms with E-state index in [1.165, 1.54) is 11.4 Å². The highest BCUT2D eigenvalue weighted by atomic mass is 127. The van der Waals surface area contributed by atoms with Crippen LogP contribution in [-0.2, 0) is 0 Å². The van der Waals surface area contributed by atoms with E-state index in [9.17, 15) is 0 Å². The van der Waals surface area contributed by atoms with Gasteiger partial charge in [-0.15, -0.1) is 0 Å². The van der Waals surface area contributed by atoms with Crippen molar-refractivity contribution in [2.75, 3.05) is 17.7 Å². The lowest BCUT2D eigenvalue weighted by Gasteiger charge is -2.21. The van der Waals surface area contributed by atoms with Crippen molar-refractivity contribution >= 4 is 39.7 Å². The monoisotopic (exact) mass is 324 g/mol. The summed E-state index contributed by atoms with van der Waals surface area (Å²) in [7, 11) is 2.06. The van der Waals surface area contributed by atoms with Crippen LogP contribution in [0.3, 0.4) is 0 Å². The Morgan fingerprint density at radius 2 is 1.75 bits per heavy atom. The summed E-state index contributed by atoms with van der Waals surface area (Å²) in [5, 5.41) is 0. The Labute approximate surface area is 109 Å². The molecule has 0 aliphatic heterocycles. The highest BCUT2D eigenvalue weighted by Gasteiger charge is 2.07. The number of halogens is 1. The lowest BCUT2D eigenvalue weighted by molar-refractivity contribution is 1.20. The molecule has 0 atom stereocenters. The standard InChI is InChI=1S/C13H13IN2/c1-16(11-5-3-2-4-6-11)13-8-7-10(15)9-12(13)14/h2-9H,15H2,1H3. The summed E-state index contributed by atoms with van der Waals surface area (Å²) in [6, 6.07) is 16.2. The summed E-state index contributed by atoms with van der Waals surface area (Å²) in [6.07, 6.45) is 0. The normalized spacial score (nSPS) is 10.1. The molecular weight excluding hydrogens is 311 g/mol.